The zero-order valence-corrected chi connectivity index (χ0v) is 14.6. The van der Waals surface area contributed by atoms with Gasteiger partial charge in [0, 0.05) is 0 Å². The Kier molecular flexibility index (Phi) is 4.76. The highest BCUT2D eigenvalue weighted by Crippen LogP contribution is 2.31. The molecule has 1 heterocycles. The predicted octanol–water partition coefficient (Wildman–Crippen LogP) is 5.42. The van der Waals surface area contributed by atoms with Crippen LogP contribution in [0, 0.1) is 0 Å². The van der Waals surface area contributed by atoms with E-state index < -0.39 is 0 Å². The van der Waals surface area contributed by atoms with E-state index in [2.05, 4.69) is 23.5 Å². The van der Waals surface area contributed by atoms with Crippen molar-refractivity contribution in [3.05, 3.63) is 55.2 Å². The summed E-state index contributed by atoms with van der Waals surface area (Å²) in [6.07, 6.45) is 4.82. The summed E-state index contributed by atoms with van der Waals surface area (Å²) >= 11 is 13.1. The number of thiophene rings is 1. The number of fused-ring (bicyclic) bond motifs is 1. The van der Waals surface area contributed by atoms with Crippen molar-refractivity contribution < 1.29 is 4.79 Å². The summed E-state index contributed by atoms with van der Waals surface area (Å²) in [4.78, 5) is 12.3. The summed E-state index contributed by atoms with van der Waals surface area (Å²) in [6.45, 7) is 1.99. The molecule has 0 unspecified atom stereocenters. The molecule has 5 heteroatoms. The summed E-state index contributed by atoms with van der Waals surface area (Å²) in [5, 5.41) is 3.00. The third-order valence-electron chi connectivity index (χ3n) is 4.12. The fraction of sp³-hybridized carbons (Fsp3) is 0.353. The number of carbonyl (C=O) groups is 1. The number of benzene rings is 1. The van der Waals surface area contributed by atoms with E-state index in [0.29, 0.717) is 14.2 Å². The lowest BCUT2D eigenvalue weighted by Gasteiger charge is -2.20. The van der Waals surface area contributed by atoms with Gasteiger partial charge < -0.3 is 5.32 Å². The Hall–Kier alpha value is -1.03. The number of carbonyl (C=O) groups excluding carboxylic acids is 1. The summed E-state index contributed by atoms with van der Waals surface area (Å²) in [5.74, 6) is -0.182. The molecule has 1 N–H and O–H groups in total. The van der Waals surface area contributed by atoms with Crippen LogP contribution in [0.1, 0.15) is 52.9 Å². The molecule has 22 heavy (non-hydrogen) atoms. The van der Waals surface area contributed by atoms with E-state index in [4.69, 9.17) is 23.2 Å². The molecule has 1 aliphatic carbocycles. The first-order valence-corrected chi connectivity index (χ1v) is 8.99. The first kappa shape index (κ1) is 15.9. The Morgan fingerprint density at radius 3 is 2.59 bits per heavy atom. The van der Waals surface area contributed by atoms with Crippen molar-refractivity contribution in [2.75, 3.05) is 0 Å². The highest BCUT2D eigenvalue weighted by Gasteiger charge is 2.18. The van der Waals surface area contributed by atoms with Gasteiger partial charge in [0.05, 0.1) is 15.9 Å². The first-order chi connectivity index (χ1) is 10.5. The molecule has 3 rings (SSSR count). The number of nitrogens with one attached hydrogen (secondary N) is 1. The normalized spacial score (nSPS) is 15.2. The maximum Gasteiger partial charge on any atom is 0.254 e. The number of hydrogen-bond donors (Lipinski definition) is 1. The van der Waals surface area contributed by atoms with Gasteiger partial charge in [-0.25, -0.2) is 0 Å². The molecule has 0 aliphatic heterocycles. The largest absolute Gasteiger partial charge is 0.345 e. The minimum atomic E-state index is -0.182. The van der Waals surface area contributed by atoms with E-state index in [-0.39, 0.29) is 11.9 Å². The van der Waals surface area contributed by atoms with Gasteiger partial charge in [-0.15, -0.1) is 11.3 Å². The van der Waals surface area contributed by atoms with Gasteiger partial charge in [0.25, 0.3) is 5.91 Å². The summed E-state index contributed by atoms with van der Waals surface area (Å²) in [6, 6.07) is 8.08. The minimum Gasteiger partial charge on any atom is -0.345 e. The van der Waals surface area contributed by atoms with E-state index in [9.17, 15) is 4.79 Å². The van der Waals surface area contributed by atoms with Crippen molar-refractivity contribution >= 4 is 40.4 Å². The molecule has 0 bridgehead atoms. The van der Waals surface area contributed by atoms with Crippen LogP contribution in [-0.4, -0.2) is 5.91 Å². The van der Waals surface area contributed by atoms with Gasteiger partial charge in [-0.3, -0.25) is 4.79 Å². The van der Waals surface area contributed by atoms with Crippen molar-refractivity contribution in [1.29, 1.82) is 0 Å². The molecule has 0 saturated carbocycles. The van der Waals surface area contributed by atoms with Crippen LogP contribution in [-0.2, 0) is 12.8 Å². The second-order valence-electron chi connectivity index (χ2n) is 5.67. The van der Waals surface area contributed by atoms with Gasteiger partial charge in [-0.2, -0.15) is 0 Å². The quantitative estimate of drug-likeness (QED) is 0.783. The van der Waals surface area contributed by atoms with Crippen molar-refractivity contribution in [3.8, 4) is 0 Å². The van der Waals surface area contributed by atoms with Crippen LogP contribution in [0.4, 0.5) is 0 Å². The molecule has 0 saturated heterocycles. The van der Waals surface area contributed by atoms with E-state index in [1.807, 2.05) is 6.92 Å². The predicted molar refractivity (Wildman–Crippen MR) is 93.3 cm³/mol. The number of rotatable bonds is 3. The van der Waals surface area contributed by atoms with Crippen LogP contribution in [0.15, 0.2) is 24.3 Å². The number of amides is 1. The maximum atomic E-state index is 12.3. The topological polar surface area (TPSA) is 29.1 Å². The molecular weight excluding hydrogens is 337 g/mol. The Balaban J connectivity index is 1.75. The van der Waals surface area contributed by atoms with E-state index >= 15 is 0 Å². The molecule has 1 atom stereocenters. The average Bonchev–Trinajstić information content (AvgIpc) is 2.85. The zero-order chi connectivity index (χ0) is 15.7. The van der Waals surface area contributed by atoms with Crippen LogP contribution < -0.4 is 5.32 Å². The van der Waals surface area contributed by atoms with Gasteiger partial charge in [0.1, 0.15) is 4.34 Å². The third-order valence-corrected chi connectivity index (χ3v) is 5.61. The van der Waals surface area contributed by atoms with Gasteiger partial charge in [0.15, 0.2) is 0 Å². The van der Waals surface area contributed by atoms with Crippen LogP contribution >= 0.6 is 34.5 Å². The Labute approximate surface area is 144 Å². The fourth-order valence-electron chi connectivity index (χ4n) is 2.88. The Morgan fingerprint density at radius 2 is 1.91 bits per heavy atom. The minimum absolute atomic E-state index is 0.0607. The highest BCUT2D eigenvalue weighted by atomic mass is 35.5. The van der Waals surface area contributed by atoms with Crippen molar-refractivity contribution in [2.45, 2.75) is 38.6 Å². The molecule has 1 aliphatic rings. The zero-order valence-electron chi connectivity index (χ0n) is 12.3. The molecule has 2 nitrogen and oxygen atoms in total. The van der Waals surface area contributed by atoms with Crippen LogP contribution in [0.5, 0.6) is 0 Å². The first-order valence-electron chi connectivity index (χ1n) is 7.42. The molecule has 1 amide bonds. The molecule has 116 valence electrons. The SMILES string of the molecule is C[C@@H](NC(=O)c1cc(Cl)sc1Cl)c1ccc2c(c1)CCCC2. The summed E-state index contributed by atoms with van der Waals surface area (Å²) < 4.78 is 0.955. The molecule has 1 aromatic carbocycles. The average molecular weight is 354 g/mol. The van der Waals surface area contributed by atoms with Gasteiger partial charge in [-0.1, -0.05) is 41.4 Å². The summed E-state index contributed by atoms with van der Waals surface area (Å²) in [7, 11) is 0. The molecule has 1 aromatic heterocycles. The lowest BCUT2D eigenvalue weighted by molar-refractivity contribution is 0.0940. The van der Waals surface area contributed by atoms with Gasteiger partial charge >= 0.3 is 0 Å². The summed E-state index contributed by atoms with van der Waals surface area (Å²) in [5.41, 5.74) is 4.44. The monoisotopic (exact) mass is 353 g/mol. The number of aryl methyl sites for hydroxylation is 2. The molecule has 2 aromatic rings. The van der Waals surface area contributed by atoms with Crippen LogP contribution in [0.3, 0.4) is 0 Å². The van der Waals surface area contributed by atoms with Crippen LogP contribution in [0.2, 0.25) is 8.67 Å². The van der Waals surface area contributed by atoms with Crippen molar-refractivity contribution in [1.82, 2.24) is 5.32 Å². The van der Waals surface area contributed by atoms with Gasteiger partial charge in [-0.05, 0) is 55.4 Å². The molecule has 0 fully saturated rings. The molecular formula is C17H17Cl2NOS. The second kappa shape index (κ2) is 6.61. The molecule has 0 radical (unpaired) electrons. The van der Waals surface area contributed by atoms with E-state index in [1.54, 1.807) is 6.07 Å². The smallest absolute Gasteiger partial charge is 0.254 e. The van der Waals surface area contributed by atoms with Crippen LogP contribution in [0.25, 0.3) is 0 Å². The highest BCUT2D eigenvalue weighted by molar-refractivity contribution is 7.20. The van der Waals surface area contributed by atoms with Crippen molar-refractivity contribution in [3.63, 3.8) is 0 Å². The maximum absolute atomic E-state index is 12.3. The van der Waals surface area contributed by atoms with E-state index in [1.165, 1.54) is 41.7 Å². The second-order valence-corrected chi connectivity index (χ2v) is 7.95. The molecule has 0 spiro atoms. The standard InChI is InChI=1S/C17H17Cl2NOS/c1-10(20-17(21)14-9-15(18)22-16(14)19)12-7-6-11-4-2-3-5-13(11)8-12/h6-10H,2-5H2,1H3,(H,20,21)/t10-/m1/s1. The third kappa shape index (κ3) is 3.32. The Morgan fingerprint density at radius 1 is 1.18 bits per heavy atom. The van der Waals surface area contributed by atoms with Gasteiger partial charge in [0.2, 0.25) is 0 Å². The van der Waals surface area contributed by atoms with E-state index in [0.717, 1.165) is 12.0 Å². The number of halogens is 2. The number of hydrogen-bond acceptors (Lipinski definition) is 2. The fourth-order valence-corrected chi connectivity index (χ4v) is 4.33. The lowest BCUT2D eigenvalue weighted by Crippen LogP contribution is -2.26. The Bertz CT molecular complexity index is 711. The van der Waals surface area contributed by atoms with Crippen molar-refractivity contribution in [2.24, 2.45) is 0 Å². The lowest BCUT2D eigenvalue weighted by atomic mass is 9.89.